The minimum absolute atomic E-state index is 0.00541. The number of hydrogen-bond acceptors (Lipinski definition) is 3. The van der Waals surface area contributed by atoms with Crippen molar-refractivity contribution in [1.29, 1.82) is 0 Å². The Morgan fingerprint density at radius 2 is 1.61 bits per heavy atom. The van der Waals surface area contributed by atoms with Crippen molar-refractivity contribution in [3.63, 3.8) is 0 Å². The summed E-state index contributed by atoms with van der Waals surface area (Å²) in [6, 6.07) is 8.76. The molecule has 0 bridgehead atoms. The van der Waals surface area contributed by atoms with Crippen LogP contribution < -0.4 is 10.6 Å². The number of likely N-dealkylation sites (tertiary alicyclic amines) is 1. The molecule has 1 aliphatic heterocycles. The minimum Gasteiger partial charge on any atom is -0.374 e. The number of nitrogens with one attached hydrogen (secondary N) is 2. The molecule has 0 spiro atoms. The number of halogens is 3. The van der Waals surface area contributed by atoms with Gasteiger partial charge in [0.25, 0.3) is 5.91 Å². The van der Waals surface area contributed by atoms with Gasteiger partial charge in [-0.15, -0.1) is 0 Å². The van der Waals surface area contributed by atoms with Crippen LogP contribution in [0.15, 0.2) is 36.4 Å². The Hall–Kier alpha value is -3.03. The molecule has 0 aliphatic carbocycles. The number of carbonyl (C=O) groups excluding carboxylic acids is 2. The van der Waals surface area contributed by atoms with E-state index in [-0.39, 0.29) is 24.7 Å². The van der Waals surface area contributed by atoms with Crippen molar-refractivity contribution in [1.82, 2.24) is 10.2 Å². The highest BCUT2D eigenvalue weighted by molar-refractivity contribution is 5.94. The number of benzene rings is 2. The molecule has 0 unspecified atom stereocenters. The van der Waals surface area contributed by atoms with E-state index in [1.165, 1.54) is 0 Å². The van der Waals surface area contributed by atoms with Gasteiger partial charge in [0.05, 0.1) is 12.2 Å². The van der Waals surface area contributed by atoms with Crippen molar-refractivity contribution in [2.24, 2.45) is 0 Å². The fraction of sp³-hybridized carbons (Fsp3) is 0.300. The summed E-state index contributed by atoms with van der Waals surface area (Å²) in [5, 5.41) is 5.06. The lowest BCUT2D eigenvalue weighted by Crippen LogP contribution is -2.30. The summed E-state index contributed by atoms with van der Waals surface area (Å²) in [6.45, 7) is 1.48. The Kier molecular flexibility index (Phi) is 6.18. The highest BCUT2D eigenvalue weighted by Crippen LogP contribution is 2.19. The number of carbonyl (C=O) groups is 2. The second kappa shape index (κ2) is 8.77. The summed E-state index contributed by atoms with van der Waals surface area (Å²) in [5.41, 5.74) is 1.11. The molecule has 8 heteroatoms. The van der Waals surface area contributed by atoms with E-state index in [1.54, 1.807) is 24.3 Å². The zero-order valence-electron chi connectivity index (χ0n) is 15.1. The first kappa shape index (κ1) is 19.7. The van der Waals surface area contributed by atoms with Crippen molar-refractivity contribution in [3.8, 4) is 0 Å². The molecule has 28 heavy (non-hydrogen) atoms. The molecule has 2 aromatic carbocycles. The van der Waals surface area contributed by atoms with Gasteiger partial charge in [0.1, 0.15) is 0 Å². The van der Waals surface area contributed by atoms with E-state index < -0.39 is 23.4 Å². The maximum Gasteiger partial charge on any atom is 0.253 e. The maximum absolute atomic E-state index is 13.5. The fourth-order valence-electron chi connectivity index (χ4n) is 2.97. The molecule has 1 saturated heterocycles. The van der Waals surface area contributed by atoms with Crippen LogP contribution >= 0.6 is 0 Å². The van der Waals surface area contributed by atoms with E-state index in [2.05, 4.69) is 10.6 Å². The van der Waals surface area contributed by atoms with Crippen LogP contribution in [0.1, 0.15) is 28.8 Å². The highest BCUT2D eigenvalue weighted by Gasteiger charge is 2.19. The van der Waals surface area contributed by atoms with Gasteiger partial charge in [-0.05, 0) is 42.7 Å². The first-order valence-corrected chi connectivity index (χ1v) is 8.98. The molecule has 1 aliphatic rings. The molecule has 1 heterocycles. The lowest BCUT2D eigenvalue weighted by atomic mass is 10.1. The largest absolute Gasteiger partial charge is 0.374 e. The van der Waals surface area contributed by atoms with Crippen LogP contribution in [0, 0.1) is 17.5 Å². The first-order valence-electron chi connectivity index (χ1n) is 8.98. The molecule has 2 aromatic rings. The van der Waals surface area contributed by atoms with Gasteiger partial charge < -0.3 is 15.5 Å². The van der Waals surface area contributed by atoms with Crippen molar-refractivity contribution in [2.75, 3.05) is 25.0 Å². The van der Waals surface area contributed by atoms with Crippen LogP contribution in [0.25, 0.3) is 0 Å². The summed E-state index contributed by atoms with van der Waals surface area (Å²) < 4.78 is 39.6. The average Bonchev–Trinajstić information content (AvgIpc) is 3.24. The lowest BCUT2D eigenvalue weighted by Gasteiger charge is -2.15. The van der Waals surface area contributed by atoms with E-state index in [9.17, 15) is 22.8 Å². The second-order valence-electron chi connectivity index (χ2n) is 6.55. The van der Waals surface area contributed by atoms with Crippen molar-refractivity contribution < 1.29 is 22.8 Å². The SMILES string of the molecule is O=C(CNc1ccc(F)c(F)c1F)NCc1ccc(C(=O)N2CCCC2)cc1. The predicted octanol–water partition coefficient (Wildman–Crippen LogP) is 3.07. The quantitative estimate of drug-likeness (QED) is 0.744. The smallest absolute Gasteiger partial charge is 0.253 e. The van der Waals surface area contributed by atoms with Crippen molar-refractivity contribution in [3.05, 3.63) is 65.0 Å². The second-order valence-corrected chi connectivity index (χ2v) is 6.55. The Bertz CT molecular complexity index is 866. The van der Waals surface area contributed by atoms with E-state index in [4.69, 9.17) is 0 Å². The van der Waals surface area contributed by atoms with Gasteiger partial charge in [0.15, 0.2) is 17.5 Å². The predicted molar refractivity (Wildman–Crippen MR) is 98.2 cm³/mol. The molecule has 0 aromatic heterocycles. The van der Waals surface area contributed by atoms with Crippen LogP contribution in [-0.2, 0) is 11.3 Å². The number of rotatable bonds is 6. The highest BCUT2D eigenvalue weighted by atomic mass is 19.2. The molecule has 0 atom stereocenters. The number of hydrogen-bond donors (Lipinski definition) is 2. The number of amides is 2. The third-order valence-electron chi connectivity index (χ3n) is 4.56. The molecule has 0 saturated carbocycles. The van der Waals surface area contributed by atoms with Crippen molar-refractivity contribution in [2.45, 2.75) is 19.4 Å². The Morgan fingerprint density at radius 3 is 2.29 bits per heavy atom. The zero-order chi connectivity index (χ0) is 20.1. The zero-order valence-corrected chi connectivity index (χ0v) is 15.1. The topological polar surface area (TPSA) is 61.4 Å². The van der Waals surface area contributed by atoms with Gasteiger partial charge in [0.2, 0.25) is 5.91 Å². The van der Waals surface area contributed by atoms with Crippen LogP contribution in [0.5, 0.6) is 0 Å². The number of anilines is 1. The van der Waals surface area contributed by atoms with Gasteiger partial charge >= 0.3 is 0 Å². The molecule has 5 nitrogen and oxygen atoms in total. The normalized spacial score (nSPS) is 13.5. The third kappa shape index (κ3) is 4.62. The van der Waals surface area contributed by atoms with Crippen LogP contribution in [0.3, 0.4) is 0 Å². The lowest BCUT2D eigenvalue weighted by molar-refractivity contribution is -0.119. The average molecular weight is 391 g/mol. The van der Waals surface area contributed by atoms with Crippen molar-refractivity contribution >= 4 is 17.5 Å². The van der Waals surface area contributed by atoms with Gasteiger partial charge in [0, 0.05) is 25.2 Å². The molecular formula is C20H20F3N3O2. The van der Waals surface area contributed by atoms with Gasteiger partial charge in [-0.1, -0.05) is 12.1 Å². The van der Waals surface area contributed by atoms with Crippen LogP contribution in [0.4, 0.5) is 18.9 Å². The van der Waals surface area contributed by atoms with Crippen LogP contribution in [-0.4, -0.2) is 36.3 Å². The fourth-order valence-corrected chi connectivity index (χ4v) is 2.97. The molecule has 1 fully saturated rings. The summed E-state index contributed by atoms with van der Waals surface area (Å²) in [5.74, 6) is -4.69. The van der Waals surface area contributed by atoms with Crippen LogP contribution in [0.2, 0.25) is 0 Å². The molecule has 0 radical (unpaired) electrons. The summed E-state index contributed by atoms with van der Waals surface area (Å²) in [6.07, 6.45) is 2.05. The molecule has 2 N–H and O–H groups in total. The molecule has 148 valence electrons. The standard InChI is InChI=1S/C20H20F3N3O2/c21-15-7-8-16(19(23)18(15)22)24-12-17(27)25-11-13-3-5-14(6-4-13)20(28)26-9-1-2-10-26/h3-8,24H,1-2,9-12H2,(H,25,27). The Labute approximate surface area is 160 Å². The molecule has 2 amide bonds. The molecule has 3 rings (SSSR count). The summed E-state index contributed by atoms with van der Waals surface area (Å²) >= 11 is 0. The van der Waals surface area contributed by atoms with Gasteiger partial charge in [-0.3, -0.25) is 9.59 Å². The monoisotopic (exact) mass is 391 g/mol. The Balaban J connectivity index is 1.48. The van der Waals surface area contributed by atoms with E-state index in [0.29, 0.717) is 5.56 Å². The van der Waals surface area contributed by atoms with E-state index >= 15 is 0 Å². The third-order valence-corrected chi connectivity index (χ3v) is 4.56. The van der Waals surface area contributed by atoms with Gasteiger partial charge in [-0.25, -0.2) is 13.2 Å². The summed E-state index contributed by atoms with van der Waals surface area (Å²) in [7, 11) is 0. The Morgan fingerprint density at radius 1 is 0.929 bits per heavy atom. The summed E-state index contributed by atoms with van der Waals surface area (Å²) in [4.78, 5) is 26.0. The number of nitrogens with zero attached hydrogens (tertiary/aromatic N) is 1. The van der Waals surface area contributed by atoms with Gasteiger partial charge in [-0.2, -0.15) is 0 Å². The minimum atomic E-state index is -1.59. The molecular weight excluding hydrogens is 371 g/mol. The van der Waals surface area contributed by atoms with E-state index in [1.807, 2.05) is 4.90 Å². The first-order chi connectivity index (χ1) is 13.5. The maximum atomic E-state index is 13.5. The van der Waals surface area contributed by atoms with E-state index in [0.717, 1.165) is 43.6 Å².